The number of rotatable bonds is 2. The van der Waals surface area contributed by atoms with E-state index in [0.29, 0.717) is 6.79 Å². The third-order valence-electron chi connectivity index (χ3n) is 4.08. The van der Waals surface area contributed by atoms with Crippen LogP contribution < -0.4 is 20.1 Å². The van der Waals surface area contributed by atoms with Crippen LogP contribution in [0.1, 0.15) is 11.1 Å². The lowest BCUT2D eigenvalue weighted by molar-refractivity contribution is 0.174. The van der Waals surface area contributed by atoms with E-state index in [0.717, 1.165) is 31.0 Å². The van der Waals surface area contributed by atoms with Gasteiger partial charge in [0, 0.05) is 24.8 Å². The van der Waals surface area contributed by atoms with E-state index in [2.05, 4.69) is 41.3 Å². The molecular weight excluding hydrogens is 264 g/mol. The Morgan fingerprint density at radius 2 is 1.95 bits per heavy atom. The maximum absolute atomic E-state index is 6.20. The summed E-state index contributed by atoms with van der Waals surface area (Å²) in [7, 11) is 0. The van der Waals surface area contributed by atoms with Crippen molar-refractivity contribution in [2.24, 2.45) is 5.73 Å². The molecule has 1 atom stereocenters. The largest absolute Gasteiger partial charge is 0.454 e. The minimum atomic E-state index is 0.189. The van der Waals surface area contributed by atoms with Crippen molar-refractivity contribution in [3.05, 3.63) is 53.6 Å². The second kappa shape index (κ2) is 4.97. The van der Waals surface area contributed by atoms with Gasteiger partial charge in [0.15, 0.2) is 11.5 Å². The minimum Gasteiger partial charge on any atom is -0.454 e. The van der Waals surface area contributed by atoms with Crippen LogP contribution in [0.3, 0.4) is 0 Å². The summed E-state index contributed by atoms with van der Waals surface area (Å²) in [4.78, 5) is 2.35. The van der Waals surface area contributed by atoms with E-state index < -0.39 is 0 Å². The fourth-order valence-electron chi connectivity index (χ4n) is 3.13. The molecule has 4 rings (SSSR count). The molecule has 2 aromatic rings. The van der Waals surface area contributed by atoms with Crippen LogP contribution in [-0.2, 0) is 13.0 Å². The summed E-state index contributed by atoms with van der Waals surface area (Å²) in [6.45, 7) is 2.03. The van der Waals surface area contributed by atoms with E-state index in [1.165, 1.54) is 16.8 Å². The van der Waals surface area contributed by atoms with Gasteiger partial charge in [-0.05, 0) is 35.7 Å². The van der Waals surface area contributed by atoms with Crippen LogP contribution >= 0.6 is 0 Å². The SMILES string of the molecule is NC1Cc2ccccc2N(Cc2ccc3c(c2)OCO3)C1. The first-order valence-corrected chi connectivity index (χ1v) is 7.26. The molecule has 0 bridgehead atoms. The zero-order valence-electron chi connectivity index (χ0n) is 11.8. The molecule has 0 amide bonds. The van der Waals surface area contributed by atoms with E-state index in [1.807, 2.05) is 6.07 Å². The maximum Gasteiger partial charge on any atom is 0.231 e. The fraction of sp³-hybridized carbons (Fsp3) is 0.294. The summed E-state index contributed by atoms with van der Waals surface area (Å²) in [5.74, 6) is 1.66. The quantitative estimate of drug-likeness (QED) is 0.918. The molecule has 2 aliphatic rings. The number of nitrogens with zero attached hydrogens (tertiary/aromatic N) is 1. The summed E-state index contributed by atoms with van der Waals surface area (Å²) >= 11 is 0. The summed E-state index contributed by atoms with van der Waals surface area (Å²) in [5.41, 5.74) is 10.0. The van der Waals surface area contributed by atoms with Gasteiger partial charge in [-0.15, -0.1) is 0 Å². The van der Waals surface area contributed by atoms with E-state index >= 15 is 0 Å². The van der Waals surface area contributed by atoms with Crippen molar-refractivity contribution in [1.82, 2.24) is 0 Å². The normalized spacial score (nSPS) is 19.5. The molecule has 108 valence electrons. The Morgan fingerprint density at radius 3 is 2.90 bits per heavy atom. The van der Waals surface area contributed by atoms with Gasteiger partial charge in [0.1, 0.15) is 0 Å². The number of nitrogens with two attached hydrogens (primary N) is 1. The molecule has 0 saturated carbocycles. The minimum absolute atomic E-state index is 0.189. The lowest BCUT2D eigenvalue weighted by Crippen LogP contribution is -2.42. The third-order valence-corrected chi connectivity index (χ3v) is 4.08. The molecule has 2 N–H and O–H groups in total. The van der Waals surface area contributed by atoms with Crippen molar-refractivity contribution < 1.29 is 9.47 Å². The third kappa shape index (κ3) is 2.32. The second-order valence-electron chi connectivity index (χ2n) is 5.66. The van der Waals surface area contributed by atoms with E-state index in [1.54, 1.807) is 0 Å². The Bertz CT molecular complexity index is 672. The molecule has 0 radical (unpaired) electrons. The first kappa shape index (κ1) is 12.5. The van der Waals surface area contributed by atoms with Crippen LogP contribution in [0.25, 0.3) is 0 Å². The monoisotopic (exact) mass is 282 g/mol. The van der Waals surface area contributed by atoms with Crippen molar-refractivity contribution in [3.8, 4) is 11.5 Å². The number of ether oxygens (including phenoxy) is 2. The number of hydrogen-bond donors (Lipinski definition) is 1. The highest BCUT2D eigenvalue weighted by atomic mass is 16.7. The van der Waals surface area contributed by atoms with Crippen molar-refractivity contribution >= 4 is 5.69 Å². The van der Waals surface area contributed by atoms with Crippen LogP contribution in [0.4, 0.5) is 5.69 Å². The lowest BCUT2D eigenvalue weighted by Gasteiger charge is -2.34. The van der Waals surface area contributed by atoms with E-state index in [9.17, 15) is 0 Å². The van der Waals surface area contributed by atoms with Crippen molar-refractivity contribution in [2.75, 3.05) is 18.2 Å². The molecule has 2 heterocycles. The Morgan fingerprint density at radius 1 is 1.10 bits per heavy atom. The average Bonchev–Trinajstić information content (AvgIpc) is 2.94. The first-order valence-electron chi connectivity index (χ1n) is 7.26. The van der Waals surface area contributed by atoms with Crippen molar-refractivity contribution in [3.63, 3.8) is 0 Å². The van der Waals surface area contributed by atoms with Gasteiger partial charge in [-0.25, -0.2) is 0 Å². The van der Waals surface area contributed by atoms with Crippen LogP contribution in [-0.4, -0.2) is 19.4 Å². The standard InChI is InChI=1S/C17H18N2O2/c18-14-8-13-3-1-2-4-15(13)19(10-14)9-12-5-6-16-17(7-12)21-11-20-16/h1-7,14H,8-11,18H2. The molecule has 0 aliphatic carbocycles. The van der Waals surface area contributed by atoms with Crippen molar-refractivity contribution in [1.29, 1.82) is 0 Å². The van der Waals surface area contributed by atoms with E-state index in [4.69, 9.17) is 15.2 Å². The zero-order chi connectivity index (χ0) is 14.2. The molecule has 0 aromatic heterocycles. The van der Waals surface area contributed by atoms with Gasteiger partial charge in [-0.2, -0.15) is 0 Å². The summed E-state index contributed by atoms with van der Waals surface area (Å²) in [5, 5.41) is 0. The Balaban J connectivity index is 1.62. The molecule has 1 unspecified atom stereocenters. The number of hydrogen-bond acceptors (Lipinski definition) is 4. The molecule has 4 nitrogen and oxygen atoms in total. The molecule has 0 saturated heterocycles. The van der Waals surface area contributed by atoms with Gasteiger partial charge in [-0.1, -0.05) is 24.3 Å². The molecule has 21 heavy (non-hydrogen) atoms. The summed E-state index contributed by atoms with van der Waals surface area (Å²) < 4.78 is 10.8. The predicted molar refractivity (Wildman–Crippen MR) is 81.7 cm³/mol. The highest BCUT2D eigenvalue weighted by Gasteiger charge is 2.22. The van der Waals surface area contributed by atoms with Gasteiger partial charge in [0.2, 0.25) is 6.79 Å². The average molecular weight is 282 g/mol. The summed E-state index contributed by atoms with van der Waals surface area (Å²) in [6.07, 6.45) is 0.952. The molecular formula is C17H18N2O2. The topological polar surface area (TPSA) is 47.7 Å². The fourth-order valence-corrected chi connectivity index (χ4v) is 3.13. The second-order valence-corrected chi connectivity index (χ2v) is 5.66. The smallest absolute Gasteiger partial charge is 0.231 e. The van der Waals surface area contributed by atoms with Crippen LogP contribution in [0, 0.1) is 0 Å². The molecule has 4 heteroatoms. The van der Waals surface area contributed by atoms with E-state index in [-0.39, 0.29) is 6.04 Å². The molecule has 0 spiro atoms. The lowest BCUT2D eigenvalue weighted by atomic mass is 9.98. The first-order chi connectivity index (χ1) is 10.3. The highest BCUT2D eigenvalue weighted by molar-refractivity contribution is 5.57. The summed E-state index contributed by atoms with van der Waals surface area (Å²) in [6, 6.07) is 14.8. The van der Waals surface area contributed by atoms with Gasteiger partial charge in [-0.3, -0.25) is 0 Å². The number of benzene rings is 2. The Hall–Kier alpha value is -2.20. The van der Waals surface area contributed by atoms with Gasteiger partial charge in [0.25, 0.3) is 0 Å². The number of para-hydroxylation sites is 1. The van der Waals surface area contributed by atoms with Gasteiger partial charge < -0.3 is 20.1 Å². The molecule has 2 aliphatic heterocycles. The number of anilines is 1. The number of fused-ring (bicyclic) bond motifs is 2. The zero-order valence-corrected chi connectivity index (χ0v) is 11.8. The predicted octanol–water partition coefficient (Wildman–Crippen LogP) is 2.31. The van der Waals surface area contributed by atoms with Gasteiger partial charge >= 0.3 is 0 Å². The van der Waals surface area contributed by atoms with Crippen LogP contribution in [0.2, 0.25) is 0 Å². The Labute approximate surface area is 124 Å². The van der Waals surface area contributed by atoms with Crippen molar-refractivity contribution in [2.45, 2.75) is 19.0 Å². The molecule has 0 fully saturated rings. The maximum atomic E-state index is 6.20. The molecule has 2 aromatic carbocycles. The van der Waals surface area contributed by atoms with Crippen LogP contribution in [0.15, 0.2) is 42.5 Å². The van der Waals surface area contributed by atoms with Gasteiger partial charge in [0.05, 0.1) is 0 Å². The Kier molecular flexibility index (Phi) is 2.97. The van der Waals surface area contributed by atoms with Crippen LogP contribution in [0.5, 0.6) is 11.5 Å². The highest BCUT2D eigenvalue weighted by Crippen LogP contribution is 2.34.